The number of rotatable bonds is 14. The summed E-state index contributed by atoms with van der Waals surface area (Å²) in [6.45, 7) is 7.36. The van der Waals surface area contributed by atoms with Gasteiger partial charge in [0, 0.05) is 0 Å². The molecule has 0 aromatic heterocycles. The Balaban J connectivity index is 3.94. The number of hydrogen-bond donors (Lipinski definition) is 2. The molecule has 0 heterocycles. The van der Waals surface area contributed by atoms with Crippen molar-refractivity contribution in [2.75, 3.05) is 0 Å². The third-order valence-electron chi connectivity index (χ3n) is 4.16. The highest BCUT2D eigenvalue weighted by atomic mass is 16.4. The molecule has 0 amide bonds. The first kappa shape index (κ1) is 25.9. The van der Waals surface area contributed by atoms with Crippen LogP contribution in [0.25, 0.3) is 0 Å². The molecule has 3 heteroatoms. The molecule has 0 radical (unpaired) electrons. The van der Waals surface area contributed by atoms with Crippen LogP contribution in [0.3, 0.4) is 0 Å². The second-order valence-electron chi connectivity index (χ2n) is 7.74. The van der Waals surface area contributed by atoms with Gasteiger partial charge in [0.1, 0.15) is 0 Å². The van der Waals surface area contributed by atoms with Crippen molar-refractivity contribution in [1.29, 1.82) is 0 Å². The molecule has 0 spiro atoms. The monoisotopic (exact) mass is 386 g/mol. The average Bonchev–Trinajstić information content (AvgIpc) is 2.61. The highest BCUT2D eigenvalue weighted by Crippen LogP contribution is 2.20. The number of aliphatic carboxylic acids is 1. The van der Waals surface area contributed by atoms with Crippen LogP contribution < -0.4 is 0 Å². The molecule has 0 aliphatic rings. The van der Waals surface area contributed by atoms with Crippen LogP contribution in [-0.4, -0.2) is 21.8 Å². The molecule has 28 heavy (non-hydrogen) atoms. The first-order valence-corrected chi connectivity index (χ1v) is 10.1. The summed E-state index contributed by atoms with van der Waals surface area (Å²) in [4.78, 5) is 11.0. The van der Waals surface area contributed by atoms with E-state index in [1.807, 2.05) is 43.4 Å². The van der Waals surface area contributed by atoms with Crippen molar-refractivity contribution in [2.24, 2.45) is 5.41 Å². The SMILES string of the molecule is CC/C=C\CC(C)(O)/C=C/C=C\C/C=C\C/C=C\C/C=C\CC(C)(C)C(=O)O. The molecule has 0 aromatic carbocycles. The molecule has 3 nitrogen and oxygen atoms in total. The van der Waals surface area contributed by atoms with Gasteiger partial charge < -0.3 is 10.2 Å². The number of allylic oxidation sites excluding steroid dienone is 10. The van der Waals surface area contributed by atoms with E-state index in [1.54, 1.807) is 13.8 Å². The Morgan fingerprint density at radius 3 is 1.79 bits per heavy atom. The Morgan fingerprint density at radius 2 is 1.25 bits per heavy atom. The Bertz CT molecular complexity index is 599. The van der Waals surface area contributed by atoms with Crippen LogP contribution in [0.15, 0.2) is 72.9 Å². The topological polar surface area (TPSA) is 57.5 Å². The minimum absolute atomic E-state index is 0.543. The van der Waals surface area contributed by atoms with E-state index < -0.39 is 17.0 Å². The summed E-state index contributed by atoms with van der Waals surface area (Å²) in [6, 6.07) is 0. The lowest BCUT2D eigenvalue weighted by molar-refractivity contribution is -0.146. The van der Waals surface area contributed by atoms with Gasteiger partial charge in [-0.15, -0.1) is 0 Å². The van der Waals surface area contributed by atoms with Gasteiger partial charge in [-0.3, -0.25) is 4.79 Å². The predicted octanol–water partition coefficient (Wildman–Crippen LogP) is 6.55. The molecular formula is C25H38O3. The maximum atomic E-state index is 11.0. The highest BCUT2D eigenvalue weighted by molar-refractivity contribution is 5.73. The molecule has 0 fully saturated rings. The van der Waals surface area contributed by atoms with E-state index in [9.17, 15) is 9.90 Å². The summed E-state index contributed by atoms with van der Waals surface area (Å²) in [5.41, 5.74) is -1.50. The number of carboxylic acid groups (broad SMARTS) is 1. The number of carboxylic acids is 1. The number of hydrogen-bond acceptors (Lipinski definition) is 2. The fraction of sp³-hybridized carbons (Fsp3) is 0.480. The zero-order chi connectivity index (χ0) is 21.3. The van der Waals surface area contributed by atoms with E-state index in [-0.39, 0.29) is 0 Å². The van der Waals surface area contributed by atoms with Gasteiger partial charge in [0.15, 0.2) is 0 Å². The second kappa shape index (κ2) is 14.9. The molecule has 0 saturated heterocycles. The standard InChI is InChI=1S/C25H38O3/c1-5-6-17-21-25(4,28)22-19-16-14-12-10-8-7-9-11-13-15-18-20-24(2,3)23(26)27/h6,8-11,14-19,22,28H,5,7,12-13,20-21H2,1-4H3,(H,26,27)/b10-8-,11-9-,16-14-,17-6-,18-15-,22-19+. The van der Waals surface area contributed by atoms with Gasteiger partial charge in [-0.25, -0.2) is 0 Å². The number of aliphatic hydroxyl groups is 1. The van der Waals surface area contributed by atoms with Crippen LogP contribution in [0.4, 0.5) is 0 Å². The summed E-state index contributed by atoms with van der Waals surface area (Å²) in [5.74, 6) is -0.767. The molecule has 0 aliphatic carbocycles. The quantitative estimate of drug-likeness (QED) is 0.263. The van der Waals surface area contributed by atoms with Crippen LogP contribution in [0, 0.1) is 5.41 Å². The third kappa shape index (κ3) is 15.0. The van der Waals surface area contributed by atoms with Crippen molar-refractivity contribution in [2.45, 2.75) is 71.8 Å². The molecule has 0 rings (SSSR count). The van der Waals surface area contributed by atoms with Crippen LogP contribution in [-0.2, 0) is 4.79 Å². The van der Waals surface area contributed by atoms with E-state index in [2.05, 4.69) is 43.4 Å². The molecule has 0 aliphatic heterocycles. The first-order chi connectivity index (χ1) is 13.2. The fourth-order valence-electron chi connectivity index (χ4n) is 2.16. The lowest BCUT2D eigenvalue weighted by atomic mass is 9.89. The summed E-state index contributed by atoms with van der Waals surface area (Å²) < 4.78 is 0. The molecular weight excluding hydrogens is 348 g/mol. The Kier molecular flexibility index (Phi) is 13.7. The van der Waals surface area contributed by atoms with E-state index >= 15 is 0 Å². The van der Waals surface area contributed by atoms with Crippen molar-refractivity contribution < 1.29 is 15.0 Å². The summed E-state index contributed by atoms with van der Waals surface area (Å²) in [6.07, 6.45) is 28.9. The minimum Gasteiger partial charge on any atom is -0.481 e. The van der Waals surface area contributed by atoms with Crippen LogP contribution in [0.5, 0.6) is 0 Å². The molecule has 156 valence electrons. The van der Waals surface area contributed by atoms with Gasteiger partial charge in [-0.05, 0) is 59.3 Å². The predicted molar refractivity (Wildman–Crippen MR) is 120 cm³/mol. The highest BCUT2D eigenvalue weighted by Gasteiger charge is 2.24. The fourth-order valence-corrected chi connectivity index (χ4v) is 2.16. The molecule has 2 N–H and O–H groups in total. The Labute approximate surface area is 171 Å². The zero-order valence-electron chi connectivity index (χ0n) is 18.0. The van der Waals surface area contributed by atoms with Crippen LogP contribution in [0.1, 0.15) is 66.2 Å². The zero-order valence-corrected chi connectivity index (χ0v) is 18.0. The normalized spacial score (nSPS) is 15.9. The molecule has 0 saturated carbocycles. The molecule has 0 aromatic rings. The van der Waals surface area contributed by atoms with Gasteiger partial charge in [0.2, 0.25) is 0 Å². The maximum absolute atomic E-state index is 11.0. The smallest absolute Gasteiger partial charge is 0.309 e. The summed E-state index contributed by atoms with van der Waals surface area (Å²) in [5, 5.41) is 19.2. The maximum Gasteiger partial charge on any atom is 0.309 e. The van der Waals surface area contributed by atoms with Crippen LogP contribution in [0.2, 0.25) is 0 Å². The van der Waals surface area contributed by atoms with E-state index in [0.29, 0.717) is 12.8 Å². The van der Waals surface area contributed by atoms with E-state index in [1.165, 1.54) is 0 Å². The van der Waals surface area contributed by atoms with Crippen molar-refractivity contribution in [3.05, 3.63) is 72.9 Å². The van der Waals surface area contributed by atoms with Crippen molar-refractivity contribution in [3.63, 3.8) is 0 Å². The van der Waals surface area contributed by atoms with Crippen molar-refractivity contribution in [1.82, 2.24) is 0 Å². The minimum atomic E-state index is -0.797. The largest absolute Gasteiger partial charge is 0.481 e. The first-order valence-electron chi connectivity index (χ1n) is 10.1. The molecule has 1 atom stereocenters. The van der Waals surface area contributed by atoms with Gasteiger partial charge in [0.25, 0.3) is 0 Å². The van der Waals surface area contributed by atoms with Crippen molar-refractivity contribution in [3.8, 4) is 0 Å². The van der Waals surface area contributed by atoms with Gasteiger partial charge in [-0.2, -0.15) is 0 Å². The van der Waals surface area contributed by atoms with E-state index in [0.717, 1.165) is 25.7 Å². The van der Waals surface area contributed by atoms with Gasteiger partial charge in [-0.1, -0.05) is 79.8 Å². The van der Waals surface area contributed by atoms with E-state index in [4.69, 9.17) is 5.11 Å². The summed E-state index contributed by atoms with van der Waals surface area (Å²) >= 11 is 0. The van der Waals surface area contributed by atoms with Gasteiger partial charge in [0.05, 0.1) is 11.0 Å². The molecule has 0 bridgehead atoms. The summed E-state index contributed by atoms with van der Waals surface area (Å²) in [7, 11) is 0. The van der Waals surface area contributed by atoms with Crippen LogP contribution >= 0.6 is 0 Å². The average molecular weight is 387 g/mol. The van der Waals surface area contributed by atoms with Crippen molar-refractivity contribution >= 4 is 5.97 Å². The lowest BCUT2D eigenvalue weighted by Gasteiger charge is -2.15. The molecule has 1 unspecified atom stereocenters. The number of carbonyl (C=O) groups is 1. The lowest BCUT2D eigenvalue weighted by Crippen LogP contribution is -2.22. The Morgan fingerprint density at radius 1 is 0.750 bits per heavy atom. The second-order valence-corrected chi connectivity index (χ2v) is 7.74. The van der Waals surface area contributed by atoms with Gasteiger partial charge >= 0.3 is 5.97 Å². The Hall–Kier alpha value is -2.13. The third-order valence-corrected chi connectivity index (χ3v) is 4.16.